The summed E-state index contributed by atoms with van der Waals surface area (Å²) in [4.78, 5) is 11.6. The first-order valence-corrected chi connectivity index (χ1v) is 7.71. The van der Waals surface area contributed by atoms with Crippen LogP contribution in [0, 0.1) is 11.3 Å². The average molecular weight is 349 g/mol. The number of esters is 1. The fourth-order valence-corrected chi connectivity index (χ4v) is 2.23. The zero-order valence-electron chi connectivity index (χ0n) is 12.3. The summed E-state index contributed by atoms with van der Waals surface area (Å²) in [5.74, 6) is -0.0639. The Bertz CT molecular complexity index is 739. The topological polar surface area (TPSA) is 62.1 Å². The van der Waals surface area contributed by atoms with Gasteiger partial charge in [0, 0.05) is 27.7 Å². The Balaban J connectivity index is 2.32. The lowest BCUT2D eigenvalue weighted by Gasteiger charge is -2.17. The van der Waals surface area contributed by atoms with Gasteiger partial charge in [0.2, 0.25) is 0 Å². The molecule has 0 amide bonds. The highest BCUT2D eigenvalue weighted by Gasteiger charge is 2.18. The molecule has 4 nitrogen and oxygen atoms in total. The first kappa shape index (κ1) is 17.1. The summed E-state index contributed by atoms with van der Waals surface area (Å²) in [5.41, 5.74) is 1.21. The van der Waals surface area contributed by atoms with Crippen molar-refractivity contribution in [2.45, 2.75) is 19.4 Å². The molecule has 0 spiro atoms. The minimum absolute atomic E-state index is 0.240. The zero-order chi connectivity index (χ0) is 16.8. The van der Waals surface area contributed by atoms with Crippen LogP contribution in [0.5, 0.6) is 5.75 Å². The van der Waals surface area contributed by atoms with Crippen molar-refractivity contribution in [1.82, 2.24) is 0 Å². The van der Waals surface area contributed by atoms with E-state index in [0.29, 0.717) is 27.0 Å². The number of nitriles is 1. The number of hydrogen-bond acceptors (Lipinski definition) is 4. The predicted octanol–water partition coefficient (Wildman–Crippen LogP) is 4.99. The quantitative estimate of drug-likeness (QED) is 0.610. The molecule has 0 fully saturated rings. The molecule has 2 aromatic carbocycles. The Kier molecular flexibility index (Phi) is 5.86. The third kappa shape index (κ3) is 4.62. The van der Waals surface area contributed by atoms with Crippen molar-refractivity contribution >= 4 is 34.9 Å². The number of nitrogens with zero attached hydrogens (tertiary/aromatic N) is 1. The van der Waals surface area contributed by atoms with Gasteiger partial charge in [0.05, 0.1) is 6.07 Å². The Morgan fingerprint density at radius 2 is 1.87 bits per heavy atom. The molecule has 0 saturated heterocycles. The van der Waals surface area contributed by atoms with Gasteiger partial charge in [-0.05, 0) is 42.5 Å². The maximum Gasteiger partial charge on any atom is 0.310 e. The number of carbonyl (C=O) groups is 1. The molecule has 0 bridgehead atoms. The van der Waals surface area contributed by atoms with Crippen molar-refractivity contribution in [3.05, 3.63) is 58.1 Å². The largest absolute Gasteiger partial charge is 0.426 e. The molecule has 0 aliphatic rings. The highest BCUT2D eigenvalue weighted by atomic mass is 35.5. The van der Waals surface area contributed by atoms with Gasteiger partial charge in [-0.1, -0.05) is 30.1 Å². The molecule has 0 aliphatic heterocycles. The molecule has 0 heterocycles. The van der Waals surface area contributed by atoms with Crippen molar-refractivity contribution in [2.24, 2.45) is 0 Å². The second-order valence-corrected chi connectivity index (χ2v) is 5.60. The van der Waals surface area contributed by atoms with Gasteiger partial charge in [-0.25, -0.2) is 0 Å². The molecular formula is C17H14Cl2N2O2. The molecule has 2 aromatic rings. The summed E-state index contributed by atoms with van der Waals surface area (Å²) in [5, 5.41) is 13.6. The molecule has 0 aliphatic carbocycles. The van der Waals surface area contributed by atoms with E-state index in [-0.39, 0.29) is 12.4 Å². The van der Waals surface area contributed by atoms with Crippen LogP contribution in [0.15, 0.2) is 42.5 Å². The van der Waals surface area contributed by atoms with Crippen LogP contribution in [0.25, 0.3) is 0 Å². The number of anilines is 1. The van der Waals surface area contributed by atoms with Crippen molar-refractivity contribution in [1.29, 1.82) is 5.26 Å². The second kappa shape index (κ2) is 7.87. The van der Waals surface area contributed by atoms with E-state index >= 15 is 0 Å². The zero-order valence-corrected chi connectivity index (χ0v) is 13.9. The molecule has 0 radical (unpaired) electrons. The summed E-state index contributed by atoms with van der Waals surface area (Å²) in [6.07, 6.45) is 0.240. The van der Waals surface area contributed by atoms with E-state index in [2.05, 4.69) is 11.4 Å². The first-order valence-electron chi connectivity index (χ1n) is 6.95. The first-order chi connectivity index (χ1) is 11.0. The molecule has 6 heteroatoms. The Morgan fingerprint density at radius 3 is 2.48 bits per heavy atom. The lowest BCUT2D eigenvalue weighted by Crippen LogP contribution is -2.13. The Labute approximate surface area is 144 Å². The van der Waals surface area contributed by atoms with E-state index in [4.69, 9.17) is 27.9 Å². The number of rotatable bonds is 5. The fraction of sp³-hybridized carbons (Fsp3) is 0.176. The van der Waals surface area contributed by atoms with Crippen molar-refractivity contribution < 1.29 is 9.53 Å². The minimum Gasteiger partial charge on any atom is -0.426 e. The lowest BCUT2D eigenvalue weighted by atomic mass is 10.1. The summed E-state index contributed by atoms with van der Waals surface area (Å²) >= 11 is 11.9. The van der Waals surface area contributed by atoms with Crippen molar-refractivity contribution in [2.75, 3.05) is 5.32 Å². The van der Waals surface area contributed by atoms with E-state index < -0.39 is 6.04 Å². The molecule has 23 heavy (non-hydrogen) atoms. The van der Waals surface area contributed by atoms with Gasteiger partial charge in [0.1, 0.15) is 11.8 Å². The monoisotopic (exact) mass is 348 g/mol. The lowest BCUT2D eigenvalue weighted by molar-refractivity contribution is -0.134. The summed E-state index contributed by atoms with van der Waals surface area (Å²) in [6.45, 7) is 1.70. The van der Waals surface area contributed by atoms with E-state index in [1.54, 1.807) is 49.4 Å². The van der Waals surface area contributed by atoms with Gasteiger partial charge < -0.3 is 10.1 Å². The normalized spacial score (nSPS) is 11.4. The van der Waals surface area contributed by atoms with Crippen LogP contribution >= 0.6 is 23.2 Å². The van der Waals surface area contributed by atoms with E-state index in [1.165, 1.54) is 0 Å². The maximum atomic E-state index is 11.6. The summed E-state index contributed by atoms with van der Waals surface area (Å²) < 4.78 is 5.28. The Morgan fingerprint density at radius 1 is 1.22 bits per heavy atom. The van der Waals surface area contributed by atoms with Crippen molar-refractivity contribution in [3.8, 4) is 11.8 Å². The number of benzene rings is 2. The summed E-state index contributed by atoms with van der Waals surface area (Å²) in [6, 6.07) is 13.2. The van der Waals surface area contributed by atoms with E-state index in [1.807, 2.05) is 0 Å². The minimum atomic E-state index is -0.727. The molecule has 0 saturated carbocycles. The molecule has 2 rings (SSSR count). The van der Waals surface area contributed by atoms with E-state index in [0.717, 1.165) is 0 Å². The van der Waals surface area contributed by atoms with Crippen LogP contribution < -0.4 is 10.1 Å². The maximum absolute atomic E-state index is 11.6. The van der Waals surface area contributed by atoms with Crippen LogP contribution in [0.1, 0.15) is 24.9 Å². The highest BCUT2D eigenvalue weighted by Crippen LogP contribution is 2.31. The third-order valence-electron chi connectivity index (χ3n) is 3.08. The second-order valence-electron chi connectivity index (χ2n) is 4.72. The number of halogens is 2. The van der Waals surface area contributed by atoms with Crippen LogP contribution in [0.4, 0.5) is 5.69 Å². The van der Waals surface area contributed by atoms with Gasteiger partial charge in [0.15, 0.2) is 0 Å². The molecule has 118 valence electrons. The molecule has 1 atom stereocenters. The molecule has 1 N–H and O–H groups in total. The smallest absolute Gasteiger partial charge is 0.310 e. The third-order valence-corrected chi connectivity index (χ3v) is 3.57. The predicted molar refractivity (Wildman–Crippen MR) is 90.8 cm³/mol. The van der Waals surface area contributed by atoms with Gasteiger partial charge >= 0.3 is 5.97 Å². The van der Waals surface area contributed by atoms with Gasteiger partial charge in [-0.2, -0.15) is 5.26 Å². The molecule has 0 aromatic heterocycles. The van der Waals surface area contributed by atoms with Crippen LogP contribution in [-0.4, -0.2) is 5.97 Å². The average Bonchev–Trinajstić information content (AvgIpc) is 2.56. The number of ether oxygens (including phenoxy) is 1. The van der Waals surface area contributed by atoms with Gasteiger partial charge in [-0.15, -0.1) is 0 Å². The van der Waals surface area contributed by atoms with Gasteiger partial charge in [0.25, 0.3) is 0 Å². The number of nitrogens with one attached hydrogen (secondary N) is 1. The van der Waals surface area contributed by atoms with Crippen molar-refractivity contribution in [3.63, 3.8) is 0 Å². The van der Waals surface area contributed by atoms with Crippen LogP contribution in [0.2, 0.25) is 10.0 Å². The Hall–Kier alpha value is -2.22. The standard InChI is InChI=1S/C17H14Cl2N2O2/c1-2-17(22)23-16-8-5-12(19)9-14(16)15(10-20)21-13-6-3-11(18)4-7-13/h3-9,15,21H,2H2,1H3. The summed E-state index contributed by atoms with van der Waals surface area (Å²) in [7, 11) is 0. The molecular weight excluding hydrogens is 335 g/mol. The van der Waals surface area contributed by atoms with Crippen LogP contribution in [-0.2, 0) is 4.79 Å². The number of hydrogen-bond donors (Lipinski definition) is 1. The van der Waals surface area contributed by atoms with E-state index in [9.17, 15) is 10.1 Å². The van der Waals surface area contributed by atoms with Gasteiger partial charge in [-0.3, -0.25) is 4.79 Å². The fourth-order valence-electron chi connectivity index (χ4n) is 1.93. The molecule has 1 unspecified atom stereocenters. The SMILES string of the molecule is CCC(=O)Oc1ccc(Cl)cc1C(C#N)Nc1ccc(Cl)cc1. The highest BCUT2D eigenvalue weighted by molar-refractivity contribution is 6.31. The van der Waals surface area contributed by atoms with Crippen LogP contribution in [0.3, 0.4) is 0 Å². The number of carbonyl (C=O) groups excluding carboxylic acids is 1.